The van der Waals surface area contributed by atoms with Crippen molar-refractivity contribution >= 4 is 27.7 Å². The van der Waals surface area contributed by atoms with E-state index in [0.717, 1.165) is 48.1 Å². The molecule has 2 amide bonds. The van der Waals surface area contributed by atoms with Crippen LogP contribution in [0.5, 0.6) is 5.75 Å². The number of sulfonamides is 1. The molecule has 0 bridgehead atoms. The zero-order valence-corrected chi connectivity index (χ0v) is 31.3. The van der Waals surface area contributed by atoms with Crippen LogP contribution in [0.15, 0.2) is 65.8 Å². The van der Waals surface area contributed by atoms with Crippen LogP contribution in [-0.4, -0.2) is 113 Å². The molecule has 0 saturated heterocycles. The van der Waals surface area contributed by atoms with Gasteiger partial charge in [-0.2, -0.15) is 4.31 Å². The van der Waals surface area contributed by atoms with E-state index in [1.54, 1.807) is 25.3 Å². The van der Waals surface area contributed by atoms with Crippen LogP contribution in [0.2, 0.25) is 5.02 Å². The highest BCUT2D eigenvalue weighted by Gasteiger charge is 2.46. The Kier molecular flexibility index (Phi) is 14.1. The van der Waals surface area contributed by atoms with Crippen molar-refractivity contribution in [2.75, 3.05) is 32.8 Å². The zero-order valence-electron chi connectivity index (χ0n) is 29.7. The number of unbranched alkanes of at least 4 members (excludes halogenated alkanes) is 1. The molecular formula is C37H50ClN5O9S. The SMILES string of the molecule is CCN(CCCCNC(=O)NC[C@H](O)[C@@H](O)[C@H](O)[C@H](O)CO)S(=O)(=O)c1ccc(Cl)c(CNC2(c3cnccc3-c3ccccc3OC3CC3)CC2)c1. The Morgan fingerprint density at radius 1 is 1.02 bits per heavy atom. The van der Waals surface area contributed by atoms with E-state index in [0.29, 0.717) is 30.0 Å². The molecule has 1 aromatic heterocycles. The first-order valence-corrected chi connectivity index (χ1v) is 19.8. The van der Waals surface area contributed by atoms with Crippen molar-refractivity contribution in [2.24, 2.45) is 0 Å². The van der Waals surface area contributed by atoms with Crippen molar-refractivity contribution in [2.45, 2.75) is 92.9 Å². The van der Waals surface area contributed by atoms with Crippen molar-refractivity contribution in [3.63, 3.8) is 0 Å². The number of rotatable bonds is 21. The summed E-state index contributed by atoms with van der Waals surface area (Å²) in [7, 11) is -3.86. The van der Waals surface area contributed by atoms with E-state index in [1.165, 1.54) is 10.4 Å². The molecule has 2 aliphatic rings. The maximum atomic E-state index is 13.7. The third-order valence-electron chi connectivity index (χ3n) is 9.62. The van der Waals surface area contributed by atoms with Crippen LogP contribution < -0.4 is 20.7 Å². The summed E-state index contributed by atoms with van der Waals surface area (Å²) >= 11 is 6.62. The molecule has 2 fully saturated rings. The van der Waals surface area contributed by atoms with Crippen LogP contribution in [0, 0.1) is 0 Å². The van der Waals surface area contributed by atoms with Gasteiger partial charge in [0.25, 0.3) is 0 Å². The fourth-order valence-corrected chi connectivity index (χ4v) is 7.83. The molecule has 2 saturated carbocycles. The predicted octanol–water partition coefficient (Wildman–Crippen LogP) is 2.25. The number of halogens is 1. The van der Waals surface area contributed by atoms with Crippen LogP contribution in [0.1, 0.15) is 56.6 Å². The first-order valence-electron chi connectivity index (χ1n) is 18.0. The normalized spacial score (nSPS) is 17.5. The molecule has 53 heavy (non-hydrogen) atoms. The summed E-state index contributed by atoms with van der Waals surface area (Å²) in [5.41, 5.74) is 3.43. The number of carbonyl (C=O) groups is 1. The fourth-order valence-electron chi connectivity index (χ4n) is 6.10. The highest BCUT2D eigenvalue weighted by atomic mass is 35.5. The van der Waals surface area contributed by atoms with E-state index in [2.05, 4.69) is 27.0 Å². The number of amides is 2. The maximum Gasteiger partial charge on any atom is 0.314 e. The molecule has 1 heterocycles. The van der Waals surface area contributed by atoms with E-state index in [-0.39, 0.29) is 36.2 Å². The van der Waals surface area contributed by atoms with Crippen molar-refractivity contribution in [3.8, 4) is 16.9 Å². The Labute approximate surface area is 315 Å². The molecule has 0 unspecified atom stereocenters. The Morgan fingerprint density at radius 2 is 1.75 bits per heavy atom. The van der Waals surface area contributed by atoms with Gasteiger partial charge in [0.05, 0.1) is 23.7 Å². The second-order valence-electron chi connectivity index (χ2n) is 13.6. The number of carbonyl (C=O) groups excluding carboxylic acids is 1. The van der Waals surface area contributed by atoms with Gasteiger partial charge in [-0.25, -0.2) is 13.2 Å². The largest absolute Gasteiger partial charge is 0.490 e. The van der Waals surface area contributed by atoms with Gasteiger partial charge in [0, 0.05) is 61.2 Å². The number of ether oxygens (including phenoxy) is 1. The van der Waals surface area contributed by atoms with Crippen LogP contribution in [-0.2, 0) is 22.1 Å². The molecule has 14 nitrogen and oxygen atoms in total. The Balaban J connectivity index is 1.14. The third-order valence-corrected chi connectivity index (χ3v) is 12.0. The Morgan fingerprint density at radius 3 is 2.45 bits per heavy atom. The van der Waals surface area contributed by atoms with Gasteiger partial charge in [-0.1, -0.05) is 36.7 Å². The minimum atomic E-state index is -3.86. The lowest BCUT2D eigenvalue weighted by Gasteiger charge is -2.25. The summed E-state index contributed by atoms with van der Waals surface area (Å²) in [5, 5.41) is 56.9. The molecule has 4 atom stereocenters. The predicted molar refractivity (Wildman–Crippen MR) is 199 cm³/mol. The molecular weight excluding hydrogens is 726 g/mol. The summed E-state index contributed by atoms with van der Waals surface area (Å²) < 4.78 is 35.1. The number of aromatic nitrogens is 1. The van der Waals surface area contributed by atoms with Gasteiger partial charge in [-0.15, -0.1) is 0 Å². The van der Waals surface area contributed by atoms with Gasteiger partial charge >= 0.3 is 6.03 Å². The molecule has 0 radical (unpaired) electrons. The molecule has 2 aromatic carbocycles. The van der Waals surface area contributed by atoms with Crippen LogP contribution in [0.3, 0.4) is 0 Å². The first kappa shape index (κ1) is 40.8. The van der Waals surface area contributed by atoms with Crippen LogP contribution in [0.25, 0.3) is 11.1 Å². The number of nitrogens with one attached hydrogen (secondary N) is 3. The number of pyridine rings is 1. The Hall–Kier alpha value is -3.38. The van der Waals surface area contributed by atoms with Crippen LogP contribution >= 0.6 is 11.6 Å². The lowest BCUT2D eigenvalue weighted by molar-refractivity contribution is -0.113. The summed E-state index contributed by atoms with van der Waals surface area (Å²) in [5.74, 6) is 0.853. The molecule has 0 spiro atoms. The average molecular weight is 776 g/mol. The minimum absolute atomic E-state index is 0.133. The van der Waals surface area contributed by atoms with E-state index in [1.807, 2.05) is 30.5 Å². The van der Waals surface area contributed by atoms with Gasteiger partial charge < -0.3 is 46.2 Å². The summed E-state index contributed by atoms with van der Waals surface area (Å²) in [6.07, 6.45) is 1.91. The van der Waals surface area contributed by atoms with Crippen molar-refractivity contribution in [3.05, 3.63) is 77.1 Å². The van der Waals surface area contributed by atoms with Gasteiger partial charge in [0.1, 0.15) is 24.1 Å². The van der Waals surface area contributed by atoms with Crippen LogP contribution in [0.4, 0.5) is 4.79 Å². The summed E-state index contributed by atoms with van der Waals surface area (Å²) in [4.78, 5) is 16.7. The highest BCUT2D eigenvalue weighted by Crippen LogP contribution is 2.50. The highest BCUT2D eigenvalue weighted by molar-refractivity contribution is 7.89. The number of benzene rings is 2. The summed E-state index contributed by atoms with van der Waals surface area (Å²) in [6, 6.07) is 14.1. The van der Waals surface area contributed by atoms with E-state index < -0.39 is 53.6 Å². The number of hydrogen-bond donors (Lipinski definition) is 8. The minimum Gasteiger partial charge on any atom is -0.490 e. The molecule has 0 aliphatic heterocycles. The molecule has 5 rings (SSSR count). The third kappa shape index (κ3) is 10.4. The molecule has 16 heteroatoms. The first-order chi connectivity index (χ1) is 25.4. The van der Waals surface area contributed by atoms with Crippen molar-refractivity contribution in [1.29, 1.82) is 0 Å². The lowest BCUT2D eigenvalue weighted by Crippen LogP contribution is -2.50. The average Bonchev–Trinajstić information content (AvgIpc) is 4.11. The van der Waals surface area contributed by atoms with Crippen molar-refractivity contribution in [1.82, 2.24) is 25.2 Å². The second kappa shape index (κ2) is 18.3. The van der Waals surface area contributed by atoms with Crippen molar-refractivity contribution < 1.29 is 43.5 Å². The quantitative estimate of drug-likeness (QED) is 0.0735. The summed E-state index contributed by atoms with van der Waals surface area (Å²) in [6.45, 7) is 1.54. The molecule has 3 aromatic rings. The monoisotopic (exact) mass is 775 g/mol. The van der Waals surface area contributed by atoms with Gasteiger partial charge in [-0.3, -0.25) is 4.98 Å². The number of aliphatic hydroxyl groups is 5. The van der Waals surface area contributed by atoms with Gasteiger partial charge in [-0.05, 0) is 85.5 Å². The number of nitrogens with zero attached hydrogens (tertiary/aromatic N) is 2. The fraction of sp³-hybridized carbons (Fsp3) is 0.514. The topological polar surface area (TPSA) is 214 Å². The molecule has 8 N–H and O–H groups in total. The zero-order chi connectivity index (χ0) is 38.2. The Bertz CT molecular complexity index is 1790. The van der Waals surface area contributed by atoms with E-state index in [9.17, 15) is 33.6 Å². The van der Waals surface area contributed by atoms with Gasteiger partial charge in [0.15, 0.2) is 0 Å². The van der Waals surface area contributed by atoms with Gasteiger partial charge in [0.2, 0.25) is 10.0 Å². The number of urea groups is 1. The molecule has 2 aliphatic carbocycles. The second-order valence-corrected chi connectivity index (χ2v) is 15.9. The number of para-hydroxylation sites is 1. The van der Waals surface area contributed by atoms with E-state index >= 15 is 0 Å². The smallest absolute Gasteiger partial charge is 0.314 e. The molecule has 290 valence electrons. The number of hydrogen-bond acceptors (Lipinski definition) is 11. The van der Waals surface area contributed by atoms with E-state index in [4.69, 9.17) is 21.4 Å². The standard InChI is InChI=1S/C37H50ClN5O9S/c1-2-43(18-6-5-16-40-36(49)41-22-31(45)34(47)35(48)32(46)23-44)53(50,51)26-11-12-30(38)24(19-26)20-42-37(14-15-37)29-21-39-17-13-27(29)28-7-3-4-8-33(28)52-25-9-10-25/h3-4,7-8,11-13,17,19,21,25,31-32,34-35,42,44-48H,2,5-6,9-10,14-16,18,20,22-23H2,1H3,(H2,40,41,49)/t31-,32+,34+,35+/m0/s1. The lowest BCUT2D eigenvalue weighted by atomic mass is 9.94. The maximum absolute atomic E-state index is 13.7. The number of aliphatic hydroxyl groups excluding tert-OH is 5.